The van der Waals surface area contributed by atoms with Crippen LogP contribution in [-0.4, -0.2) is 86.1 Å². The summed E-state index contributed by atoms with van der Waals surface area (Å²) in [5.41, 5.74) is 0. The predicted molar refractivity (Wildman–Crippen MR) is 125 cm³/mol. The summed E-state index contributed by atoms with van der Waals surface area (Å²) in [6.07, 6.45) is 2.65. The van der Waals surface area contributed by atoms with Crippen LogP contribution in [-0.2, 0) is 9.47 Å². The summed E-state index contributed by atoms with van der Waals surface area (Å²) in [4.78, 5) is 0. The summed E-state index contributed by atoms with van der Waals surface area (Å²) in [6.45, 7) is 2.02. The van der Waals surface area contributed by atoms with E-state index in [4.69, 9.17) is 18.9 Å². The Morgan fingerprint density at radius 3 is 1.53 bits per heavy atom. The van der Waals surface area contributed by atoms with E-state index in [1.807, 2.05) is 48.9 Å². The second-order valence-electron chi connectivity index (χ2n) is 6.67. The van der Waals surface area contributed by atoms with Gasteiger partial charge in [-0.1, -0.05) is 24.3 Å². The maximum absolute atomic E-state index is 10.1. The Morgan fingerprint density at radius 1 is 0.700 bits per heavy atom. The Bertz CT molecular complexity index is 669. The van der Waals surface area contributed by atoms with E-state index in [2.05, 4.69) is 0 Å². The van der Waals surface area contributed by atoms with Crippen molar-refractivity contribution in [3.05, 3.63) is 36.4 Å². The van der Waals surface area contributed by atoms with Crippen LogP contribution in [0.2, 0.25) is 0 Å². The van der Waals surface area contributed by atoms with Crippen molar-refractivity contribution < 1.29 is 29.2 Å². The molecular weight excluding hydrogens is 424 g/mol. The van der Waals surface area contributed by atoms with Gasteiger partial charge in [-0.15, -0.1) is 0 Å². The van der Waals surface area contributed by atoms with Gasteiger partial charge in [-0.05, 0) is 24.6 Å². The average Bonchev–Trinajstić information content (AvgIpc) is 2.77. The Kier molecular flexibility index (Phi) is 12.4. The highest BCUT2D eigenvalue weighted by Crippen LogP contribution is 2.33. The van der Waals surface area contributed by atoms with Crippen LogP contribution >= 0.6 is 23.5 Å². The van der Waals surface area contributed by atoms with Gasteiger partial charge < -0.3 is 29.2 Å². The Morgan fingerprint density at radius 2 is 1.13 bits per heavy atom. The SMILES string of the molecule is CSCCOCC(O)COc1ccc(OCC(O)COCCSC)c2ccccc12. The smallest absolute Gasteiger partial charge is 0.127 e. The lowest BCUT2D eigenvalue weighted by Crippen LogP contribution is -2.24. The summed E-state index contributed by atoms with van der Waals surface area (Å²) >= 11 is 3.41. The van der Waals surface area contributed by atoms with E-state index in [0.717, 1.165) is 22.3 Å². The fraction of sp³-hybridized carbons (Fsp3) is 0.545. The quantitative estimate of drug-likeness (QED) is 0.373. The number of ether oxygens (including phenoxy) is 4. The second-order valence-corrected chi connectivity index (χ2v) is 8.64. The van der Waals surface area contributed by atoms with Crippen LogP contribution in [0.4, 0.5) is 0 Å². The lowest BCUT2D eigenvalue weighted by molar-refractivity contribution is 0.0170. The molecule has 2 aromatic carbocycles. The van der Waals surface area contributed by atoms with E-state index in [0.29, 0.717) is 24.7 Å². The topological polar surface area (TPSA) is 77.4 Å². The molecule has 0 radical (unpaired) electrons. The molecule has 0 aliphatic rings. The van der Waals surface area contributed by atoms with Gasteiger partial charge in [-0.2, -0.15) is 23.5 Å². The molecule has 2 unspecified atom stereocenters. The van der Waals surface area contributed by atoms with Gasteiger partial charge in [0.25, 0.3) is 0 Å². The van der Waals surface area contributed by atoms with E-state index in [1.165, 1.54) is 0 Å². The number of rotatable bonds is 16. The van der Waals surface area contributed by atoms with Gasteiger partial charge in [0, 0.05) is 22.3 Å². The minimum Gasteiger partial charge on any atom is -0.490 e. The molecule has 0 bridgehead atoms. The molecule has 0 amide bonds. The third kappa shape index (κ3) is 8.91. The van der Waals surface area contributed by atoms with Crippen LogP contribution in [0.15, 0.2) is 36.4 Å². The highest BCUT2D eigenvalue weighted by Gasteiger charge is 2.12. The van der Waals surface area contributed by atoms with Gasteiger partial charge >= 0.3 is 0 Å². The van der Waals surface area contributed by atoms with Gasteiger partial charge in [-0.3, -0.25) is 0 Å². The largest absolute Gasteiger partial charge is 0.490 e. The lowest BCUT2D eigenvalue weighted by atomic mass is 10.1. The molecule has 8 heteroatoms. The molecule has 30 heavy (non-hydrogen) atoms. The molecule has 0 heterocycles. The first-order valence-electron chi connectivity index (χ1n) is 9.92. The molecule has 2 aromatic rings. The molecule has 0 spiro atoms. The molecule has 0 fully saturated rings. The molecule has 2 N–H and O–H groups in total. The maximum atomic E-state index is 10.1. The van der Waals surface area contributed by atoms with Gasteiger partial charge in [0.2, 0.25) is 0 Å². The molecule has 6 nitrogen and oxygen atoms in total. The number of thioether (sulfide) groups is 2. The zero-order valence-corrected chi connectivity index (χ0v) is 19.3. The van der Waals surface area contributed by atoms with E-state index in [-0.39, 0.29) is 26.4 Å². The molecule has 2 atom stereocenters. The van der Waals surface area contributed by atoms with Crippen molar-refractivity contribution >= 4 is 34.3 Å². The maximum Gasteiger partial charge on any atom is 0.127 e. The molecule has 0 saturated carbocycles. The molecule has 0 aliphatic carbocycles. The molecule has 2 rings (SSSR count). The third-order valence-electron chi connectivity index (χ3n) is 4.19. The van der Waals surface area contributed by atoms with Crippen molar-refractivity contribution in [2.45, 2.75) is 12.2 Å². The van der Waals surface area contributed by atoms with E-state index in [9.17, 15) is 10.2 Å². The van der Waals surface area contributed by atoms with Crippen molar-refractivity contribution in [2.75, 3.05) is 63.7 Å². The Hall–Kier alpha value is -1.16. The first-order valence-corrected chi connectivity index (χ1v) is 12.7. The number of hydrogen-bond acceptors (Lipinski definition) is 8. The highest BCUT2D eigenvalue weighted by molar-refractivity contribution is 7.98. The van der Waals surface area contributed by atoms with Gasteiger partial charge in [0.1, 0.15) is 36.9 Å². The molecule has 0 aromatic heterocycles. The minimum atomic E-state index is -0.692. The molecule has 0 saturated heterocycles. The Labute approximate surface area is 187 Å². The van der Waals surface area contributed by atoms with E-state index in [1.54, 1.807) is 23.5 Å². The fourth-order valence-electron chi connectivity index (χ4n) is 2.69. The highest BCUT2D eigenvalue weighted by atomic mass is 32.2. The number of aliphatic hydroxyl groups excluding tert-OH is 2. The monoisotopic (exact) mass is 456 g/mol. The van der Waals surface area contributed by atoms with Crippen LogP contribution in [0.25, 0.3) is 10.8 Å². The average molecular weight is 457 g/mol. The van der Waals surface area contributed by atoms with Crippen LogP contribution in [0.3, 0.4) is 0 Å². The van der Waals surface area contributed by atoms with Crippen LogP contribution in [0, 0.1) is 0 Å². The van der Waals surface area contributed by atoms with E-state index < -0.39 is 12.2 Å². The van der Waals surface area contributed by atoms with Crippen molar-refractivity contribution in [1.29, 1.82) is 0 Å². The van der Waals surface area contributed by atoms with Gasteiger partial charge in [0.15, 0.2) is 0 Å². The summed E-state index contributed by atoms with van der Waals surface area (Å²) in [5, 5.41) is 21.9. The Balaban J connectivity index is 1.91. The molecular formula is C22H32O6S2. The standard InChI is InChI=1S/C22H32O6S2/c1-29-11-9-25-13-17(23)15-27-21-7-8-22(20-6-4-3-5-19(20)21)28-16-18(24)14-26-10-12-30-2/h3-8,17-18,23-24H,9-16H2,1-2H3. The lowest BCUT2D eigenvalue weighted by Gasteiger charge is -2.17. The summed E-state index contributed by atoms with van der Waals surface area (Å²) in [7, 11) is 0. The van der Waals surface area contributed by atoms with Crippen LogP contribution in [0.1, 0.15) is 0 Å². The third-order valence-corrected chi connectivity index (χ3v) is 5.34. The van der Waals surface area contributed by atoms with Gasteiger partial charge in [0.05, 0.1) is 26.4 Å². The first-order chi connectivity index (χ1) is 14.7. The van der Waals surface area contributed by atoms with Crippen LogP contribution in [0.5, 0.6) is 11.5 Å². The van der Waals surface area contributed by atoms with Crippen LogP contribution < -0.4 is 9.47 Å². The van der Waals surface area contributed by atoms with Crippen molar-refractivity contribution in [1.82, 2.24) is 0 Å². The minimum absolute atomic E-state index is 0.148. The summed E-state index contributed by atoms with van der Waals surface area (Å²) in [6, 6.07) is 11.4. The number of fused-ring (bicyclic) bond motifs is 1. The molecule has 168 valence electrons. The first kappa shape index (κ1) is 25.1. The predicted octanol–water partition coefficient (Wildman–Crippen LogP) is 3.08. The normalized spacial score (nSPS) is 13.3. The van der Waals surface area contributed by atoms with Crippen molar-refractivity contribution in [3.8, 4) is 11.5 Å². The van der Waals surface area contributed by atoms with Crippen molar-refractivity contribution in [2.24, 2.45) is 0 Å². The zero-order valence-electron chi connectivity index (χ0n) is 17.6. The zero-order chi connectivity index (χ0) is 21.6. The fourth-order valence-corrected chi connectivity index (χ4v) is 3.26. The number of hydrogen-bond donors (Lipinski definition) is 2. The van der Waals surface area contributed by atoms with Gasteiger partial charge in [-0.25, -0.2) is 0 Å². The second kappa shape index (κ2) is 14.8. The number of aliphatic hydroxyl groups is 2. The van der Waals surface area contributed by atoms with Crippen molar-refractivity contribution in [3.63, 3.8) is 0 Å². The summed E-state index contributed by atoms with van der Waals surface area (Å²) in [5.74, 6) is 3.14. The van der Waals surface area contributed by atoms with E-state index >= 15 is 0 Å². The summed E-state index contributed by atoms with van der Waals surface area (Å²) < 4.78 is 22.5. The molecule has 0 aliphatic heterocycles. The number of benzene rings is 2.